The van der Waals surface area contributed by atoms with Gasteiger partial charge in [0.25, 0.3) is 0 Å². The van der Waals surface area contributed by atoms with Crippen LogP contribution in [0.1, 0.15) is 18.0 Å². The van der Waals surface area contributed by atoms with Crippen molar-refractivity contribution in [3.63, 3.8) is 0 Å². The average molecular weight is 283 g/mol. The van der Waals surface area contributed by atoms with Gasteiger partial charge in [0.05, 0.1) is 7.06 Å². The number of aromatic nitrogens is 1. The van der Waals surface area contributed by atoms with E-state index in [0.717, 1.165) is 22.0 Å². The molecule has 0 fully saturated rings. The highest BCUT2D eigenvalue weighted by atomic mass is 16.3. The van der Waals surface area contributed by atoms with Crippen molar-refractivity contribution in [2.75, 3.05) is 11.9 Å². The molecule has 0 radical (unpaired) electrons. The second-order valence-electron chi connectivity index (χ2n) is 5.25. The Morgan fingerprint density at radius 1 is 1.29 bits per heavy atom. The fourth-order valence-electron chi connectivity index (χ4n) is 2.82. The van der Waals surface area contributed by atoms with Crippen LogP contribution in [0.3, 0.4) is 0 Å². The van der Waals surface area contributed by atoms with Crippen molar-refractivity contribution >= 4 is 27.8 Å². The summed E-state index contributed by atoms with van der Waals surface area (Å²) in [5, 5.41) is 1.74. The van der Waals surface area contributed by atoms with Crippen molar-refractivity contribution in [1.29, 1.82) is 0 Å². The zero-order valence-corrected chi connectivity index (χ0v) is 11.8. The molecule has 1 aliphatic heterocycles. The highest BCUT2D eigenvalue weighted by Crippen LogP contribution is 2.38. The minimum absolute atomic E-state index is 0.146. The van der Waals surface area contributed by atoms with Crippen molar-refractivity contribution < 1.29 is 9.90 Å². The number of pyridine rings is 1. The second kappa shape index (κ2) is 4.25. The van der Waals surface area contributed by atoms with Crippen LogP contribution in [0.2, 0.25) is 0 Å². The van der Waals surface area contributed by atoms with E-state index in [0.29, 0.717) is 11.3 Å². The summed E-state index contributed by atoms with van der Waals surface area (Å²) in [6, 6.07) is 7.41. The first kappa shape index (κ1) is 8.72. The third-order valence-corrected chi connectivity index (χ3v) is 3.99. The molecule has 0 N–H and O–H groups in total. The van der Waals surface area contributed by atoms with Crippen LogP contribution in [-0.4, -0.2) is 23.0 Å². The summed E-state index contributed by atoms with van der Waals surface area (Å²) in [5.74, 6) is 0. The number of fused-ring (bicyclic) bond motifs is 3. The minimum Gasteiger partial charge on any atom is -0.435 e. The first-order valence-corrected chi connectivity index (χ1v) is 6.82. The molecule has 21 heavy (non-hydrogen) atoms. The van der Waals surface area contributed by atoms with Gasteiger partial charge >= 0.3 is 0 Å². The number of anilines is 1. The number of nitrogens with zero attached hydrogens (tertiary/aromatic N) is 3. The number of hydrogen-bond donors (Lipinski definition) is 0. The summed E-state index contributed by atoms with van der Waals surface area (Å²) >= 11 is 0. The molecular weight excluding hydrogens is 262 g/mol. The highest BCUT2D eigenvalue weighted by Gasteiger charge is 2.25. The quantitative estimate of drug-likeness (QED) is 0.679. The van der Waals surface area contributed by atoms with Gasteiger partial charge in [-0.05, 0) is 31.5 Å². The van der Waals surface area contributed by atoms with Crippen molar-refractivity contribution in [1.82, 2.24) is 9.88 Å². The molecule has 0 amide bonds. The van der Waals surface area contributed by atoms with E-state index in [1.165, 1.54) is 4.90 Å². The van der Waals surface area contributed by atoms with Crippen LogP contribution in [0.15, 0.2) is 47.3 Å². The Kier molecular flexibility index (Phi) is 1.77. The Bertz CT molecular complexity index is 1010. The Hall–Kier alpha value is -2.49. The minimum atomic E-state index is -2.21. The molecule has 0 saturated heterocycles. The van der Waals surface area contributed by atoms with Crippen molar-refractivity contribution in [3.05, 3.63) is 48.4 Å². The molecule has 4 heteroatoms. The van der Waals surface area contributed by atoms with Gasteiger partial charge in [0.15, 0.2) is 5.58 Å². The second-order valence-corrected chi connectivity index (χ2v) is 5.25. The molecule has 0 spiro atoms. The first-order valence-electron chi connectivity index (χ1n) is 8.82. The molecule has 0 unspecified atom stereocenters. The van der Waals surface area contributed by atoms with Gasteiger partial charge < -0.3 is 14.2 Å². The van der Waals surface area contributed by atoms with E-state index < -0.39 is 6.98 Å². The number of benzene rings is 1. The zero-order chi connectivity index (χ0) is 17.9. The Labute approximate surface area is 128 Å². The summed E-state index contributed by atoms with van der Waals surface area (Å²) in [5.41, 5.74) is 2.86. The first-order chi connectivity index (χ1) is 11.8. The SMILES string of the molecule is [2H]c1ccc2c(n1)oc1c(N3C=CN(C([2H])([2H])[2H])[C@@H]3C)c(C)ccc12. The molecule has 2 aromatic heterocycles. The van der Waals surface area contributed by atoms with E-state index in [2.05, 4.69) is 4.98 Å². The van der Waals surface area contributed by atoms with Crippen LogP contribution in [0.5, 0.6) is 0 Å². The van der Waals surface area contributed by atoms with E-state index >= 15 is 0 Å². The summed E-state index contributed by atoms with van der Waals surface area (Å²) in [7, 11) is 0. The normalized spacial score (nSPS) is 21.7. The van der Waals surface area contributed by atoms with Gasteiger partial charge in [-0.3, -0.25) is 0 Å². The number of hydrogen-bond acceptors (Lipinski definition) is 4. The summed E-state index contributed by atoms with van der Waals surface area (Å²) in [6.07, 6.45) is 3.12. The lowest BCUT2D eigenvalue weighted by Crippen LogP contribution is -2.33. The maximum Gasteiger partial charge on any atom is 0.227 e. The van der Waals surface area contributed by atoms with E-state index in [4.69, 9.17) is 9.90 Å². The van der Waals surface area contributed by atoms with Gasteiger partial charge in [-0.25, -0.2) is 4.98 Å². The molecule has 0 saturated carbocycles. The molecular formula is C17H17N3O. The van der Waals surface area contributed by atoms with Gasteiger partial charge in [-0.2, -0.15) is 0 Å². The fraction of sp³-hybridized carbons (Fsp3) is 0.235. The predicted octanol–water partition coefficient (Wildman–Crippen LogP) is 3.86. The third-order valence-electron chi connectivity index (χ3n) is 3.99. The van der Waals surface area contributed by atoms with Gasteiger partial charge in [0.1, 0.15) is 6.17 Å². The van der Waals surface area contributed by atoms with Crippen LogP contribution in [-0.2, 0) is 0 Å². The van der Waals surface area contributed by atoms with Crippen LogP contribution in [0.4, 0.5) is 5.69 Å². The van der Waals surface area contributed by atoms with E-state index in [1.54, 1.807) is 18.5 Å². The van der Waals surface area contributed by atoms with E-state index in [1.807, 2.05) is 36.9 Å². The molecule has 4 rings (SSSR count). The fourth-order valence-corrected chi connectivity index (χ4v) is 2.82. The predicted molar refractivity (Wildman–Crippen MR) is 85.1 cm³/mol. The van der Waals surface area contributed by atoms with Gasteiger partial charge in [0, 0.05) is 40.4 Å². The lowest BCUT2D eigenvalue weighted by Gasteiger charge is -2.28. The average Bonchev–Trinajstić information content (AvgIpc) is 3.07. The van der Waals surface area contributed by atoms with Crippen LogP contribution in [0.25, 0.3) is 22.1 Å². The van der Waals surface area contributed by atoms with Gasteiger partial charge in [-0.15, -0.1) is 0 Å². The monoisotopic (exact) mass is 283 g/mol. The largest absolute Gasteiger partial charge is 0.435 e. The molecule has 3 aromatic rings. The van der Waals surface area contributed by atoms with Crippen LogP contribution >= 0.6 is 0 Å². The number of aryl methyl sites for hydroxylation is 1. The maximum absolute atomic E-state index is 7.68. The molecule has 3 heterocycles. The van der Waals surface area contributed by atoms with E-state index in [9.17, 15) is 0 Å². The summed E-state index contributed by atoms with van der Waals surface area (Å²) in [4.78, 5) is 7.38. The maximum atomic E-state index is 7.68. The molecule has 0 bridgehead atoms. The lowest BCUT2D eigenvalue weighted by molar-refractivity contribution is 0.383. The Balaban J connectivity index is 1.92. The lowest BCUT2D eigenvalue weighted by atomic mass is 10.1. The molecule has 106 valence electrons. The Morgan fingerprint density at radius 2 is 2.19 bits per heavy atom. The van der Waals surface area contributed by atoms with Crippen molar-refractivity contribution in [2.24, 2.45) is 0 Å². The molecule has 0 aliphatic carbocycles. The Morgan fingerprint density at radius 3 is 3.00 bits per heavy atom. The molecule has 1 aromatic carbocycles. The summed E-state index contributed by atoms with van der Waals surface area (Å²) < 4.78 is 36.6. The topological polar surface area (TPSA) is 32.5 Å². The zero-order valence-electron chi connectivity index (χ0n) is 15.8. The number of furan rings is 1. The number of rotatable bonds is 1. The molecule has 4 nitrogen and oxygen atoms in total. The smallest absolute Gasteiger partial charge is 0.227 e. The van der Waals surface area contributed by atoms with Crippen molar-refractivity contribution in [3.8, 4) is 0 Å². The van der Waals surface area contributed by atoms with Crippen LogP contribution in [0, 0.1) is 6.92 Å². The summed E-state index contributed by atoms with van der Waals surface area (Å²) in [6.45, 7) is 1.60. The highest BCUT2D eigenvalue weighted by molar-refractivity contribution is 6.08. The van der Waals surface area contributed by atoms with Crippen LogP contribution < -0.4 is 4.90 Å². The molecule has 1 atom stereocenters. The standard InChI is InChI=1S/C17H17N3O/c1-11-6-7-13-14-5-4-8-18-17(14)21-16(13)15(11)20-10-9-19(3)12(20)2/h4-10,12H,1-3H3/t12-/m0/s1/i3D3,8D. The van der Waals surface area contributed by atoms with E-state index in [-0.39, 0.29) is 12.3 Å². The van der Waals surface area contributed by atoms with Gasteiger partial charge in [0.2, 0.25) is 5.71 Å². The molecule has 1 aliphatic rings. The van der Waals surface area contributed by atoms with Crippen molar-refractivity contribution in [2.45, 2.75) is 20.0 Å². The third kappa shape index (κ3) is 1.65. The van der Waals surface area contributed by atoms with Gasteiger partial charge in [-0.1, -0.05) is 12.1 Å².